The lowest BCUT2D eigenvalue weighted by atomic mass is 9.99. The molecule has 0 heterocycles. The molecule has 1 atom stereocenters. The summed E-state index contributed by atoms with van der Waals surface area (Å²) < 4.78 is 0. The largest absolute Gasteiger partial charge is 0.300 e. The van der Waals surface area contributed by atoms with E-state index in [-0.39, 0.29) is 5.54 Å². The molecule has 1 unspecified atom stereocenters. The Balaban J connectivity index is 2.42. The second-order valence-corrected chi connectivity index (χ2v) is 5.84. The minimum atomic E-state index is -0.362. The fraction of sp³-hybridized carbons (Fsp3) is 0.929. The summed E-state index contributed by atoms with van der Waals surface area (Å²) in [5.41, 5.74) is -0.362. The lowest BCUT2D eigenvalue weighted by molar-refractivity contribution is 0.213. The van der Waals surface area contributed by atoms with Gasteiger partial charge in [-0.3, -0.25) is 5.32 Å². The van der Waals surface area contributed by atoms with Crippen LogP contribution in [-0.2, 0) is 0 Å². The van der Waals surface area contributed by atoms with Gasteiger partial charge in [0, 0.05) is 19.1 Å². The highest BCUT2D eigenvalue weighted by molar-refractivity contribution is 5.04. The molecule has 0 saturated heterocycles. The standard InChI is InChI=1S/C14H27N3/c1-5-16-14(4,11-15)8-9-17(10-12(2)3)13-6-7-13/h12-13,16H,5-10H2,1-4H3. The molecule has 1 saturated carbocycles. The Morgan fingerprint density at radius 1 is 1.47 bits per heavy atom. The van der Waals surface area contributed by atoms with Gasteiger partial charge < -0.3 is 4.90 Å². The molecule has 17 heavy (non-hydrogen) atoms. The van der Waals surface area contributed by atoms with Crippen LogP contribution in [0.2, 0.25) is 0 Å². The fourth-order valence-corrected chi connectivity index (χ4v) is 2.27. The molecule has 1 aliphatic rings. The van der Waals surface area contributed by atoms with Gasteiger partial charge in [-0.15, -0.1) is 0 Å². The van der Waals surface area contributed by atoms with Gasteiger partial charge in [0.15, 0.2) is 0 Å². The van der Waals surface area contributed by atoms with Crippen LogP contribution in [0.5, 0.6) is 0 Å². The van der Waals surface area contributed by atoms with Crippen molar-refractivity contribution in [2.75, 3.05) is 19.6 Å². The van der Waals surface area contributed by atoms with Crippen molar-refractivity contribution in [3.63, 3.8) is 0 Å². The fourth-order valence-electron chi connectivity index (χ4n) is 2.27. The Kier molecular flexibility index (Phi) is 5.42. The molecule has 0 aromatic heterocycles. The van der Waals surface area contributed by atoms with Crippen molar-refractivity contribution in [3.05, 3.63) is 0 Å². The van der Waals surface area contributed by atoms with E-state index in [0.717, 1.165) is 32.1 Å². The first-order chi connectivity index (χ1) is 8.00. The monoisotopic (exact) mass is 237 g/mol. The van der Waals surface area contributed by atoms with Gasteiger partial charge in [-0.05, 0) is 38.6 Å². The highest BCUT2D eigenvalue weighted by Gasteiger charge is 2.31. The summed E-state index contributed by atoms with van der Waals surface area (Å²) in [6, 6.07) is 3.20. The number of hydrogen-bond donors (Lipinski definition) is 1. The quantitative estimate of drug-likeness (QED) is 0.704. The lowest BCUT2D eigenvalue weighted by Gasteiger charge is -2.29. The maximum absolute atomic E-state index is 9.23. The highest BCUT2D eigenvalue weighted by atomic mass is 15.2. The third-order valence-electron chi connectivity index (χ3n) is 3.38. The van der Waals surface area contributed by atoms with Gasteiger partial charge >= 0.3 is 0 Å². The second kappa shape index (κ2) is 6.37. The molecular formula is C14H27N3. The van der Waals surface area contributed by atoms with Gasteiger partial charge in [-0.25, -0.2) is 0 Å². The number of hydrogen-bond acceptors (Lipinski definition) is 3. The third-order valence-corrected chi connectivity index (χ3v) is 3.38. The van der Waals surface area contributed by atoms with Crippen molar-refractivity contribution >= 4 is 0 Å². The minimum Gasteiger partial charge on any atom is -0.300 e. The van der Waals surface area contributed by atoms with E-state index in [9.17, 15) is 5.26 Å². The van der Waals surface area contributed by atoms with Gasteiger partial charge in [0.2, 0.25) is 0 Å². The van der Waals surface area contributed by atoms with E-state index in [1.165, 1.54) is 12.8 Å². The first-order valence-corrected chi connectivity index (χ1v) is 6.91. The minimum absolute atomic E-state index is 0.362. The molecule has 0 amide bonds. The smallest absolute Gasteiger partial charge is 0.105 e. The summed E-state index contributed by atoms with van der Waals surface area (Å²) in [5, 5.41) is 12.5. The molecule has 0 radical (unpaired) electrons. The van der Waals surface area contributed by atoms with E-state index < -0.39 is 0 Å². The Morgan fingerprint density at radius 2 is 2.12 bits per heavy atom. The third kappa shape index (κ3) is 5.06. The molecule has 3 nitrogen and oxygen atoms in total. The van der Waals surface area contributed by atoms with Crippen LogP contribution in [0.4, 0.5) is 0 Å². The Morgan fingerprint density at radius 3 is 2.53 bits per heavy atom. The second-order valence-electron chi connectivity index (χ2n) is 5.84. The highest BCUT2D eigenvalue weighted by Crippen LogP contribution is 2.28. The van der Waals surface area contributed by atoms with E-state index >= 15 is 0 Å². The molecule has 0 aromatic rings. The van der Waals surface area contributed by atoms with Crippen molar-refractivity contribution in [1.29, 1.82) is 5.26 Å². The average Bonchev–Trinajstić information content (AvgIpc) is 3.08. The number of nitrogens with zero attached hydrogens (tertiary/aromatic N) is 2. The van der Waals surface area contributed by atoms with E-state index in [2.05, 4.69) is 37.1 Å². The lowest BCUT2D eigenvalue weighted by Crippen LogP contribution is -2.44. The molecule has 1 fully saturated rings. The van der Waals surface area contributed by atoms with Crippen LogP contribution in [0.25, 0.3) is 0 Å². The summed E-state index contributed by atoms with van der Waals surface area (Å²) in [5.74, 6) is 0.711. The Labute approximate surface area is 106 Å². The molecule has 98 valence electrons. The SMILES string of the molecule is CCNC(C)(C#N)CCN(CC(C)C)C1CC1. The van der Waals surface area contributed by atoms with Crippen LogP contribution in [-0.4, -0.2) is 36.1 Å². The van der Waals surface area contributed by atoms with Crippen molar-refractivity contribution < 1.29 is 0 Å². The summed E-state index contributed by atoms with van der Waals surface area (Å²) in [6.45, 7) is 11.7. The van der Waals surface area contributed by atoms with E-state index in [4.69, 9.17) is 0 Å². The van der Waals surface area contributed by atoms with Crippen LogP contribution >= 0.6 is 0 Å². The Hall–Kier alpha value is -0.590. The zero-order valence-electron chi connectivity index (χ0n) is 11.8. The molecule has 0 bridgehead atoms. The molecule has 1 N–H and O–H groups in total. The van der Waals surface area contributed by atoms with Gasteiger partial charge in [0.1, 0.15) is 5.54 Å². The van der Waals surface area contributed by atoms with Crippen LogP contribution < -0.4 is 5.32 Å². The normalized spacial score (nSPS) is 19.4. The van der Waals surface area contributed by atoms with E-state index in [0.29, 0.717) is 5.92 Å². The predicted molar refractivity (Wildman–Crippen MR) is 71.7 cm³/mol. The van der Waals surface area contributed by atoms with Gasteiger partial charge in [0.25, 0.3) is 0 Å². The van der Waals surface area contributed by atoms with Crippen molar-refractivity contribution in [3.8, 4) is 6.07 Å². The van der Waals surface area contributed by atoms with Crippen molar-refractivity contribution in [2.45, 2.75) is 58.5 Å². The van der Waals surface area contributed by atoms with E-state index in [1.54, 1.807) is 0 Å². The maximum atomic E-state index is 9.23. The summed E-state index contributed by atoms with van der Waals surface area (Å²) in [4.78, 5) is 2.57. The molecular weight excluding hydrogens is 210 g/mol. The van der Waals surface area contributed by atoms with Crippen molar-refractivity contribution in [1.82, 2.24) is 10.2 Å². The number of nitrogens with one attached hydrogen (secondary N) is 1. The molecule has 1 rings (SSSR count). The zero-order valence-corrected chi connectivity index (χ0v) is 11.8. The van der Waals surface area contributed by atoms with Gasteiger partial charge in [-0.2, -0.15) is 5.26 Å². The molecule has 0 spiro atoms. The summed E-state index contributed by atoms with van der Waals surface area (Å²) in [6.07, 6.45) is 3.61. The predicted octanol–water partition coefficient (Wildman–Crippen LogP) is 2.39. The molecule has 3 heteroatoms. The van der Waals surface area contributed by atoms with Crippen LogP contribution in [0.1, 0.15) is 47.0 Å². The number of nitriles is 1. The summed E-state index contributed by atoms with van der Waals surface area (Å²) in [7, 11) is 0. The van der Waals surface area contributed by atoms with Crippen LogP contribution in [0, 0.1) is 17.2 Å². The molecule has 1 aliphatic carbocycles. The van der Waals surface area contributed by atoms with Crippen molar-refractivity contribution in [2.24, 2.45) is 5.92 Å². The first-order valence-electron chi connectivity index (χ1n) is 6.91. The zero-order chi connectivity index (χ0) is 12.9. The Bertz CT molecular complexity index is 265. The van der Waals surface area contributed by atoms with E-state index in [1.807, 2.05) is 6.92 Å². The first kappa shape index (κ1) is 14.5. The van der Waals surface area contributed by atoms with Crippen LogP contribution in [0.15, 0.2) is 0 Å². The summed E-state index contributed by atoms with van der Waals surface area (Å²) >= 11 is 0. The topological polar surface area (TPSA) is 39.1 Å². The molecule has 0 aliphatic heterocycles. The maximum Gasteiger partial charge on any atom is 0.105 e. The number of rotatable bonds is 8. The van der Waals surface area contributed by atoms with Gasteiger partial charge in [-0.1, -0.05) is 20.8 Å². The molecule has 0 aromatic carbocycles. The average molecular weight is 237 g/mol. The van der Waals surface area contributed by atoms with Gasteiger partial charge in [0.05, 0.1) is 6.07 Å². The van der Waals surface area contributed by atoms with Crippen LogP contribution in [0.3, 0.4) is 0 Å².